The Morgan fingerprint density at radius 2 is 2.00 bits per heavy atom. The van der Waals surface area contributed by atoms with Gasteiger partial charge in [0.25, 0.3) is 0 Å². The third-order valence-corrected chi connectivity index (χ3v) is 2.76. The summed E-state index contributed by atoms with van der Waals surface area (Å²) in [4.78, 5) is 22.4. The van der Waals surface area contributed by atoms with Gasteiger partial charge in [0, 0.05) is 6.42 Å². The highest BCUT2D eigenvalue weighted by Gasteiger charge is 2.30. The Bertz CT molecular complexity index is 434. The second kappa shape index (κ2) is 4.31. The summed E-state index contributed by atoms with van der Waals surface area (Å²) >= 11 is 0. The van der Waals surface area contributed by atoms with Crippen molar-refractivity contribution in [3.63, 3.8) is 0 Å². The first-order chi connectivity index (χ1) is 7.69. The molecule has 1 saturated heterocycles. The van der Waals surface area contributed by atoms with Gasteiger partial charge in [-0.3, -0.25) is 14.9 Å². The summed E-state index contributed by atoms with van der Waals surface area (Å²) in [5.41, 5.74) is 2.12. The van der Waals surface area contributed by atoms with Crippen LogP contribution in [-0.2, 0) is 16.0 Å². The molecule has 2 rings (SSSR count). The molecule has 1 unspecified atom stereocenters. The summed E-state index contributed by atoms with van der Waals surface area (Å²) in [6, 6.07) is 7.84. The van der Waals surface area contributed by atoms with Gasteiger partial charge in [-0.1, -0.05) is 36.9 Å². The van der Waals surface area contributed by atoms with Crippen molar-refractivity contribution in [2.45, 2.75) is 12.8 Å². The van der Waals surface area contributed by atoms with Crippen molar-refractivity contribution in [1.82, 2.24) is 5.32 Å². The predicted octanol–water partition coefficient (Wildman–Crippen LogP) is 1.53. The number of rotatable bonds is 3. The van der Waals surface area contributed by atoms with Crippen LogP contribution in [0.1, 0.15) is 17.5 Å². The summed E-state index contributed by atoms with van der Waals surface area (Å²) in [5, 5.41) is 2.32. The van der Waals surface area contributed by atoms with Crippen LogP contribution < -0.4 is 5.32 Å². The van der Waals surface area contributed by atoms with Crippen LogP contribution in [0.2, 0.25) is 0 Å². The monoisotopic (exact) mass is 215 g/mol. The lowest BCUT2D eigenvalue weighted by atomic mass is 9.97. The van der Waals surface area contributed by atoms with Crippen LogP contribution >= 0.6 is 0 Å². The number of hydrogen-bond donors (Lipinski definition) is 1. The summed E-state index contributed by atoms with van der Waals surface area (Å²) in [6.45, 7) is 3.68. The highest BCUT2D eigenvalue weighted by atomic mass is 16.2. The van der Waals surface area contributed by atoms with Gasteiger partial charge in [0.2, 0.25) is 11.8 Å². The third kappa shape index (κ3) is 2.19. The maximum absolute atomic E-state index is 11.4. The molecule has 0 saturated carbocycles. The molecule has 2 amide bonds. The molecule has 1 fully saturated rings. The minimum atomic E-state index is -0.206. The Morgan fingerprint density at radius 1 is 1.31 bits per heavy atom. The van der Waals surface area contributed by atoms with Crippen molar-refractivity contribution in [2.24, 2.45) is 5.92 Å². The number of nitrogens with one attached hydrogen (secondary N) is 1. The minimum Gasteiger partial charge on any atom is -0.296 e. The highest BCUT2D eigenvalue weighted by Crippen LogP contribution is 2.17. The van der Waals surface area contributed by atoms with E-state index in [0.717, 1.165) is 11.1 Å². The van der Waals surface area contributed by atoms with Crippen LogP contribution in [0, 0.1) is 5.92 Å². The fourth-order valence-electron chi connectivity index (χ4n) is 1.85. The van der Waals surface area contributed by atoms with Gasteiger partial charge in [-0.2, -0.15) is 0 Å². The first-order valence-corrected chi connectivity index (χ1v) is 5.24. The second-order valence-electron chi connectivity index (χ2n) is 3.96. The molecule has 0 bridgehead atoms. The molecule has 3 heteroatoms. The van der Waals surface area contributed by atoms with Crippen molar-refractivity contribution < 1.29 is 9.59 Å². The smallest absolute Gasteiger partial charge is 0.230 e. The largest absolute Gasteiger partial charge is 0.296 e. The zero-order valence-electron chi connectivity index (χ0n) is 8.90. The van der Waals surface area contributed by atoms with E-state index in [2.05, 4.69) is 11.9 Å². The van der Waals surface area contributed by atoms with E-state index in [1.807, 2.05) is 24.3 Å². The first kappa shape index (κ1) is 10.6. The molecule has 1 aliphatic rings. The summed E-state index contributed by atoms with van der Waals surface area (Å²) in [5.74, 6) is -0.530. The molecule has 0 radical (unpaired) electrons. The zero-order chi connectivity index (χ0) is 11.5. The molecule has 1 N–H and O–H groups in total. The number of carbonyl (C=O) groups is 2. The molecule has 82 valence electrons. The molecule has 0 spiro atoms. The standard InChI is InChI=1S/C13H13NO2/c1-2-9-3-5-10(6-4-9)7-11-8-12(15)14-13(11)16/h2-6,11H,1,7-8H2,(H,14,15,16). The molecule has 16 heavy (non-hydrogen) atoms. The van der Waals surface area contributed by atoms with E-state index in [1.54, 1.807) is 6.08 Å². The lowest BCUT2D eigenvalue weighted by Gasteiger charge is -2.05. The lowest BCUT2D eigenvalue weighted by molar-refractivity contribution is -0.125. The van der Waals surface area contributed by atoms with E-state index in [0.29, 0.717) is 12.8 Å². The van der Waals surface area contributed by atoms with E-state index in [-0.39, 0.29) is 17.7 Å². The van der Waals surface area contributed by atoms with Crippen LogP contribution in [0.3, 0.4) is 0 Å². The molecule has 1 aromatic rings. The normalized spacial score (nSPS) is 19.6. The summed E-state index contributed by atoms with van der Waals surface area (Å²) in [6.07, 6.45) is 2.70. The number of carbonyl (C=O) groups excluding carboxylic acids is 2. The molecule has 1 aromatic carbocycles. The summed E-state index contributed by atoms with van der Waals surface area (Å²) < 4.78 is 0. The predicted molar refractivity (Wildman–Crippen MR) is 61.5 cm³/mol. The van der Waals surface area contributed by atoms with Crippen LogP contribution in [-0.4, -0.2) is 11.8 Å². The van der Waals surface area contributed by atoms with Crippen LogP contribution in [0.4, 0.5) is 0 Å². The van der Waals surface area contributed by atoms with Gasteiger partial charge in [-0.15, -0.1) is 0 Å². The van der Waals surface area contributed by atoms with E-state index < -0.39 is 0 Å². The molecule has 0 aliphatic carbocycles. The van der Waals surface area contributed by atoms with Crippen LogP contribution in [0.15, 0.2) is 30.8 Å². The average Bonchev–Trinajstić information content (AvgIpc) is 2.59. The number of hydrogen-bond acceptors (Lipinski definition) is 2. The molecular formula is C13H13NO2. The van der Waals surface area contributed by atoms with E-state index in [1.165, 1.54) is 0 Å². The second-order valence-corrected chi connectivity index (χ2v) is 3.96. The fraction of sp³-hybridized carbons (Fsp3) is 0.231. The van der Waals surface area contributed by atoms with Crippen LogP contribution in [0.25, 0.3) is 6.08 Å². The van der Waals surface area contributed by atoms with Gasteiger partial charge in [0.05, 0.1) is 5.92 Å². The molecule has 1 aliphatic heterocycles. The Morgan fingerprint density at radius 3 is 2.50 bits per heavy atom. The quantitative estimate of drug-likeness (QED) is 0.777. The van der Waals surface area contributed by atoms with Crippen molar-refractivity contribution in [2.75, 3.05) is 0 Å². The molecule has 0 aromatic heterocycles. The first-order valence-electron chi connectivity index (χ1n) is 5.24. The highest BCUT2D eigenvalue weighted by molar-refractivity contribution is 6.03. The average molecular weight is 215 g/mol. The Labute approximate surface area is 94.2 Å². The van der Waals surface area contributed by atoms with Crippen molar-refractivity contribution in [3.05, 3.63) is 42.0 Å². The lowest BCUT2D eigenvalue weighted by Crippen LogP contribution is -2.22. The van der Waals surface area contributed by atoms with Crippen molar-refractivity contribution in [3.8, 4) is 0 Å². The fourth-order valence-corrected chi connectivity index (χ4v) is 1.85. The molecule has 1 heterocycles. The maximum Gasteiger partial charge on any atom is 0.230 e. The van der Waals surface area contributed by atoms with Crippen LogP contribution in [0.5, 0.6) is 0 Å². The minimum absolute atomic E-state index is 0.155. The van der Waals surface area contributed by atoms with Gasteiger partial charge < -0.3 is 0 Å². The van der Waals surface area contributed by atoms with Gasteiger partial charge in [0.1, 0.15) is 0 Å². The summed E-state index contributed by atoms with van der Waals surface area (Å²) in [7, 11) is 0. The Hall–Kier alpha value is -1.90. The van der Waals surface area contributed by atoms with Gasteiger partial charge in [0.15, 0.2) is 0 Å². The Balaban J connectivity index is 2.06. The third-order valence-electron chi connectivity index (χ3n) is 2.76. The molecular weight excluding hydrogens is 202 g/mol. The SMILES string of the molecule is C=Cc1ccc(CC2CC(=O)NC2=O)cc1. The van der Waals surface area contributed by atoms with E-state index in [9.17, 15) is 9.59 Å². The Kier molecular flexibility index (Phi) is 2.86. The van der Waals surface area contributed by atoms with Gasteiger partial charge >= 0.3 is 0 Å². The van der Waals surface area contributed by atoms with Crippen molar-refractivity contribution >= 4 is 17.9 Å². The maximum atomic E-state index is 11.4. The van der Waals surface area contributed by atoms with Crippen molar-refractivity contribution in [1.29, 1.82) is 0 Å². The number of benzene rings is 1. The number of amides is 2. The van der Waals surface area contributed by atoms with E-state index in [4.69, 9.17) is 0 Å². The molecule has 3 nitrogen and oxygen atoms in total. The number of imide groups is 1. The van der Waals surface area contributed by atoms with Gasteiger partial charge in [-0.05, 0) is 17.5 Å². The zero-order valence-corrected chi connectivity index (χ0v) is 8.90. The van der Waals surface area contributed by atoms with Gasteiger partial charge in [-0.25, -0.2) is 0 Å². The molecule has 1 atom stereocenters. The van der Waals surface area contributed by atoms with E-state index >= 15 is 0 Å². The topological polar surface area (TPSA) is 46.2 Å².